The van der Waals surface area contributed by atoms with Gasteiger partial charge in [0, 0.05) is 34.9 Å². The zero-order chi connectivity index (χ0) is 22.3. The molecule has 7 nitrogen and oxygen atoms in total. The van der Waals surface area contributed by atoms with E-state index in [1.807, 2.05) is 52.0 Å². The van der Waals surface area contributed by atoms with Crippen molar-refractivity contribution in [2.24, 2.45) is 0 Å². The number of carbonyl (C=O) groups excluding carboxylic acids is 1. The fourth-order valence-electron chi connectivity index (χ4n) is 3.85. The van der Waals surface area contributed by atoms with Crippen molar-refractivity contribution in [2.45, 2.75) is 45.8 Å². The molecule has 0 aliphatic carbocycles. The summed E-state index contributed by atoms with van der Waals surface area (Å²) >= 11 is 0. The van der Waals surface area contributed by atoms with Crippen LogP contribution in [0.5, 0.6) is 5.75 Å². The lowest BCUT2D eigenvalue weighted by molar-refractivity contribution is -0.164. The number of esters is 1. The number of aryl methyl sites for hydroxylation is 1. The van der Waals surface area contributed by atoms with E-state index < -0.39 is 17.7 Å². The Kier molecular flexibility index (Phi) is 5.31. The van der Waals surface area contributed by atoms with Gasteiger partial charge in [0.2, 0.25) is 0 Å². The van der Waals surface area contributed by atoms with Gasteiger partial charge in [-0.25, -0.2) is 14.3 Å². The van der Waals surface area contributed by atoms with E-state index in [0.29, 0.717) is 23.5 Å². The first kappa shape index (κ1) is 21.1. The van der Waals surface area contributed by atoms with Crippen LogP contribution < -0.4 is 4.74 Å². The second-order valence-corrected chi connectivity index (χ2v) is 8.61. The summed E-state index contributed by atoms with van der Waals surface area (Å²) < 4.78 is 18.8. The molecular formula is C24H27N3O4. The maximum atomic E-state index is 12.8. The third-order valence-corrected chi connectivity index (χ3v) is 5.21. The standard InChI is InChI=1S/C24H27N3O4/c1-14-10-12-30-18-8-7-16(13-17(14)18)21-20(15(2)26-19-9-11-25-27(19)21)22(23(28)29-6)31-24(3,4)5/h7-9,11,13,22H,1,10,12H2,2-6H3. The number of fused-ring (bicyclic) bond motifs is 2. The number of hydrogen-bond acceptors (Lipinski definition) is 6. The molecule has 1 aliphatic rings. The van der Waals surface area contributed by atoms with Crippen molar-refractivity contribution < 1.29 is 19.0 Å². The molecule has 4 rings (SSSR count). The number of benzene rings is 1. The van der Waals surface area contributed by atoms with Gasteiger partial charge in [0.1, 0.15) is 5.75 Å². The third-order valence-electron chi connectivity index (χ3n) is 5.21. The molecule has 0 bridgehead atoms. The van der Waals surface area contributed by atoms with Gasteiger partial charge in [0.25, 0.3) is 0 Å². The number of ether oxygens (including phenoxy) is 3. The first-order valence-electron chi connectivity index (χ1n) is 10.2. The van der Waals surface area contributed by atoms with E-state index in [1.165, 1.54) is 7.11 Å². The smallest absolute Gasteiger partial charge is 0.339 e. The van der Waals surface area contributed by atoms with Gasteiger partial charge in [0.15, 0.2) is 11.8 Å². The quantitative estimate of drug-likeness (QED) is 0.576. The molecule has 31 heavy (non-hydrogen) atoms. The van der Waals surface area contributed by atoms with E-state index in [2.05, 4.69) is 16.7 Å². The monoisotopic (exact) mass is 421 g/mol. The lowest BCUT2D eigenvalue weighted by Crippen LogP contribution is -2.29. The molecule has 3 heterocycles. The number of methoxy groups -OCH3 is 1. The molecule has 1 unspecified atom stereocenters. The molecule has 1 atom stereocenters. The van der Waals surface area contributed by atoms with Crippen molar-refractivity contribution >= 4 is 17.2 Å². The fraction of sp³-hybridized carbons (Fsp3) is 0.375. The minimum atomic E-state index is -0.961. The Bertz CT molecular complexity index is 1170. The Hall–Kier alpha value is -3.19. The maximum Gasteiger partial charge on any atom is 0.339 e. The molecule has 2 aromatic heterocycles. The number of carbonyl (C=O) groups is 1. The lowest BCUT2D eigenvalue weighted by atomic mass is 9.94. The van der Waals surface area contributed by atoms with Crippen LogP contribution in [0.2, 0.25) is 0 Å². The Morgan fingerprint density at radius 2 is 2.06 bits per heavy atom. The number of nitrogens with zero attached hydrogens (tertiary/aromatic N) is 3. The molecule has 0 saturated heterocycles. The maximum absolute atomic E-state index is 12.8. The van der Waals surface area contributed by atoms with E-state index in [4.69, 9.17) is 14.2 Å². The van der Waals surface area contributed by atoms with Gasteiger partial charge in [-0.05, 0) is 51.5 Å². The average molecular weight is 421 g/mol. The SMILES string of the molecule is C=C1CCOc2ccc(-c3c(C(OC(C)(C)C)C(=O)OC)c(C)nc4ccnn34)cc21. The lowest BCUT2D eigenvalue weighted by Gasteiger charge is -2.28. The molecule has 0 fully saturated rings. The highest BCUT2D eigenvalue weighted by Gasteiger charge is 2.34. The van der Waals surface area contributed by atoms with Crippen LogP contribution in [0.15, 0.2) is 37.0 Å². The van der Waals surface area contributed by atoms with Crippen LogP contribution in [0.4, 0.5) is 0 Å². The van der Waals surface area contributed by atoms with Crippen molar-refractivity contribution in [1.29, 1.82) is 0 Å². The van der Waals surface area contributed by atoms with Gasteiger partial charge in [0.05, 0.1) is 31.2 Å². The van der Waals surface area contributed by atoms with Gasteiger partial charge in [-0.3, -0.25) is 0 Å². The predicted molar refractivity (Wildman–Crippen MR) is 118 cm³/mol. The van der Waals surface area contributed by atoms with Gasteiger partial charge in [-0.2, -0.15) is 5.10 Å². The van der Waals surface area contributed by atoms with Gasteiger partial charge >= 0.3 is 5.97 Å². The number of rotatable bonds is 4. The molecule has 1 aromatic carbocycles. The molecular weight excluding hydrogens is 394 g/mol. The van der Waals surface area contributed by atoms with Gasteiger partial charge in [-0.15, -0.1) is 0 Å². The summed E-state index contributed by atoms with van der Waals surface area (Å²) in [4.78, 5) is 17.5. The highest BCUT2D eigenvalue weighted by Crippen LogP contribution is 2.39. The topological polar surface area (TPSA) is 75.0 Å². The van der Waals surface area contributed by atoms with Crippen LogP contribution in [-0.2, 0) is 14.3 Å². The average Bonchev–Trinajstić information content (AvgIpc) is 3.18. The zero-order valence-electron chi connectivity index (χ0n) is 18.6. The summed E-state index contributed by atoms with van der Waals surface area (Å²) in [5, 5.41) is 4.48. The molecule has 0 saturated carbocycles. The van der Waals surface area contributed by atoms with Crippen molar-refractivity contribution in [1.82, 2.24) is 14.6 Å². The number of hydrogen-bond donors (Lipinski definition) is 0. The predicted octanol–water partition coefficient (Wildman–Crippen LogP) is 4.53. The van der Waals surface area contributed by atoms with E-state index in [-0.39, 0.29) is 0 Å². The molecule has 1 aliphatic heterocycles. The molecule has 0 N–H and O–H groups in total. The highest BCUT2D eigenvalue weighted by molar-refractivity contribution is 5.83. The van der Waals surface area contributed by atoms with Crippen molar-refractivity contribution in [3.05, 3.63) is 53.9 Å². The van der Waals surface area contributed by atoms with E-state index in [9.17, 15) is 4.79 Å². The first-order valence-corrected chi connectivity index (χ1v) is 10.2. The van der Waals surface area contributed by atoms with E-state index in [0.717, 1.165) is 34.6 Å². The third kappa shape index (κ3) is 3.93. The van der Waals surface area contributed by atoms with Crippen LogP contribution in [0, 0.1) is 6.92 Å². The fourth-order valence-corrected chi connectivity index (χ4v) is 3.85. The summed E-state index contributed by atoms with van der Waals surface area (Å²) in [6.07, 6.45) is 1.50. The van der Waals surface area contributed by atoms with Crippen LogP contribution in [0.25, 0.3) is 22.5 Å². The minimum absolute atomic E-state index is 0.488. The Morgan fingerprint density at radius 1 is 1.29 bits per heavy atom. The molecule has 0 radical (unpaired) electrons. The molecule has 0 amide bonds. The summed E-state index contributed by atoms with van der Waals surface area (Å²) in [5.41, 5.74) is 4.97. The normalized spacial score (nSPS) is 14.8. The Balaban J connectivity index is 2.00. The second-order valence-electron chi connectivity index (χ2n) is 8.61. The number of aromatic nitrogens is 3. The van der Waals surface area contributed by atoms with Crippen LogP contribution in [0.1, 0.15) is 50.1 Å². The second kappa shape index (κ2) is 7.81. The summed E-state index contributed by atoms with van der Waals surface area (Å²) in [7, 11) is 1.36. The molecule has 7 heteroatoms. The zero-order valence-corrected chi connectivity index (χ0v) is 18.6. The van der Waals surface area contributed by atoms with Crippen LogP contribution >= 0.6 is 0 Å². The van der Waals surface area contributed by atoms with Gasteiger partial charge < -0.3 is 14.2 Å². The summed E-state index contributed by atoms with van der Waals surface area (Å²) in [6.45, 7) is 12.4. The highest BCUT2D eigenvalue weighted by atomic mass is 16.6. The Labute approximate surface area is 181 Å². The first-order chi connectivity index (χ1) is 14.7. The van der Waals surface area contributed by atoms with Crippen LogP contribution in [0.3, 0.4) is 0 Å². The van der Waals surface area contributed by atoms with Crippen molar-refractivity contribution in [3.8, 4) is 17.0 Å². The molecule has 0 spiro atoms. The van der Waals surface area contributed by atoms with Crippen molar-refractivity contribution in [2.75, 3.05) is 13.7 Å². The summed E-state index contributed by atoms with van der Waals surface area (Å²) in [5.74, 6) is 0.317. The molecule has 162 valence electrons. The molecule has 3 aromatic rings. The largest absolute Gasteiger partial charge is 0.493 e. The van der Waals surface area contributed by atoms with Gasteiger partial charge in [-0.1, -0.05) is 6.58 Å². The Morgan fingerprint density at radius 3 is 2.77 bits per heavy atom. The van der Waals surface area contributed by atoms with E-state index >= 15 is 0 Å². The minimum Gasteiger partial charge on any atom is -0.493 e. The van der Waals surface area contributed by atoms with E-state index in [1.54, 1.807) is 10.7 Å². The van der Waals surface area contributed by atoms with Crippen LogP contribution in [-0.4, -0.2) is 39.9 Å². The van der Waals surface area contributed by atoms with Crippen molar-refractivity contribution in [3.63, 3.8) is 0 Å². The summed E-state index contributed by atoms with van der Waals surface area (Å²) in [6, 6.07) is 7.75.